The number of aromatic nitrogens is 2. The summed E-state index contributed by atoms with van der Waals surface area (Å²) in [6.07, 6.45) is 0. The second-order valence-electron chi connectivity index (χ2n) is 5.67. The van der Waals surface area contributed by atoms with E-state index in [1.54, 1.807) is 6.92 Å². The van der Waals surface area contributed by atoms with Crippen LogP contribution in [0.4, 0.5) is 0 Å². The molecule has 1 N–H and O–H groups in total. The Kier molecular flexibility index (Phi) is 5.43. The molecule has 0 radical (unpaired) electrons. The molecule has 0 unspecified atom stereocenters. The fraction of sp³-hybridized carbons (Fsp3) is 0.333. The summed E-state index contributed by atoms with van der Waals surface area (Å²) < 4.78 is 1.41. The van der Waals surface area contributed by atoms with E-state index in [0.29, 0.717) is 5.69 Å². The first-order chi connectivity index (χ1) is 8.82. The van der Waals surface area contributed by atoms with Crippen molar-refractivity contribution in [1.82, 2.24) is 9.78 Å². The number of rotatable bonds is 2. The van der Waals surface area contributed by atoms with E-state index in [1.165, 1.54) is 4.68 Å². The van der Waals surface area contributed by atoms with Gasteiger partial charge in [-0.25, -0.2) is 4.68 Å². The molecule has 1 heterocycles. The van der Waals surface area contributed by atoms with Crippen LogP contribution in [-0.4, -0.2) is 15.6 Å². The molecule has 106 valence electrons. The second-order valence-corrected chi connectivity index (χ2v) is 5.67. The standard InChI is InChI=1S/C15H18N2O2.Tb/c1-10-12(13(18)15(2,3)4)14(19)17(16-10)11-8-6-5-7-9-11;/h5-9,16H,1-4H3;/q;+3. The third-order valence-corrected chi connectivity index (χ3v) is 2.99. The van der Waals surface area contributed by atoms with E-state index in [0.717, 1.165) is 5.69 Å². The Morgan fingerprint density at radius 1 is 1.15 bits per heavy atom. The van der Waals surface area contributed by atoms with Gasteiger partial charge < -0.3 is 0 Å². The molecule has 2 rings (SSSR count). The molecule has 2 aromatic rings. The zero-order valence-corrected chi connectivity index (χ0v) is 14.1. The van der Waals surface area contributed by atoms with Crippen LogP contribution >= 0.6 is 0 Å². The summed E-state index contributed by atoms with van der Waals surface area (Å²) in [5, 5.41) is 2.97. The van der Waals surface area contributed by atoms with E-state index >= 15 is 0 Å². The van der Waals surface area contributed by atoms with Crippen molar-refractivity contribution in [2.24, 2.45) is 5.41 Å². The number of nitrogens with zero attached hydrogens (tertiary/aromatic N) is 1. The van der Waals surface area contributed by atoms with E-state index < -0.39 is 5.41 Å². The first-order valence-corrected chi connectivity index (χ1v) is 6.24. The first-order valence-electron chi connectivity index (χ1n) is 6.24. The van der Waals surface area contributed by atoms with Crippen molar-refractivity contribution in [3.63, 3.8) is 0 Å². The zero-order valence-electron chi connectivity index (χ0n) is 12.0. The van der Waals surface area contributed by atoms with Gasteiger partial charge in [-0.05, 0) is 19.1 Å². The molecule has 20 heavy (non-hydrogen) atoms. The summed E-state index contributed by atoms with van der Waals surface area (Å²) in [6, 6.07) is 9.23. The summed E-state index contributed by atoms with van der Waals surface area (Å²) in [4.78, 5) is 24.7. The number of aryl methyl sites for hydroxylation is 1. The number of hydrogen-bond acceptors (Lipinski definition) is 2. The molecule has 0 saturated heterocycles. The van der Waals surface area contributed by atoms with Crippen LogP contribution in [0.1, 0.15) is 36.8 Å². The van der Waals surface area contributed by atoms with Crippen molar-refractivity contribution in [3.05, 3.63) is 51.9 Å². The third-order valence-electron chi connectivity index (χ3n) is 2.99. The Bertz CT molecular complexity index is 663. The maximum absolute atomic E-state index is 12.4. The Balaban J connectivity index is 0.00000200. The van der Waals surface area contributed by atoms with Crippen molar-refractivity contribution >= 4 is 5.78 Å². The summed E-state index contributed by atoms with van der Waals surface area (Å²) in [5.41, 5.74) is 0.720. The Morgan fingerprint density at radius 2 is 1.70 bits per heavy atom. The number of carbonyl (C=O) groups excluding carboxylic acids is 1. The van der Waals surface area contributed by atoms with Gasteiger partial charge in [-0.15, -0.1) is 0 Å². The molecule has 0 aliphatic carbocycles. The van der Waals surface area contributed by atoms with Gasteiger partial charge in [0.15, 0.2) is 5.78 Å². The van der Waals surface area contributed by atoms with E-state index in [9.17, 15) is 9.59 Å². The number of H-pyrrole nitrogens is 1. The molecule has 0 fully saturated rings. The topological polar surface area (TPSA) is 54.9 Å². The van der Waals surface area contributed by atoms with Gasteiger partial charge >= 0.3 is 38.6 Å². The van der Waals surface area contributed by atoms with Crippen LogP contribution in [0.15, 0.2) is 35.1 Å². The van der Waals surface area contributed by atoms with Crippen LogP contribution in [0.5, 0.6) is 0 Å². The number of nitrogens with one attached hydrogen (secondary N) is 1. The molecule has 4 nitrogen and oxygen atoms in total. The Hall–Kier alpha value is -0.814. The van der Waals surface area contributed by atoms with Gasteiger partial charge in [0.05, 0.1) is 5.69 Å². The number of aromatic amines is 1. The first kappa shape index (κ1) is 17.2. The van der Waals surface area contributed by atoms with Gasteiger partial charge in [0.1, 0.15) is 5.56 Å². The summed E-state index contributed by atoms with van der Waals surface area (Å²) in [7, 11) is 0. The van der Waals surface area contributed by atoms with Crippen molar-refractivity contribution in [2.45, 2.75) is 27.7 Å². The number of Topliss-reactive ketones (excluding diaryl/α,β-unsaturated/α-hetero) is 1. The third kappa shape index (κ3) is 3.26. The number of para-hydroxylation sites is 1. The predicted octanol–water partition coefficient (Wildman–Crippen LogP) is 2.70. The van der Waals surface area contributed by atoms with E-state index in [1.807, 2.05) is 51.1 Å². The van der Waals surface area contributed by atoms with E-state index in [4.69, 9.17) is 0 Å². The van der Waals surface area contributed by atoms with Gasteiger partial charge in [-0.1, -0.05) is 39.0 Å². The monoisotopic (exact) mass is 417 g/mol. The average molecular weight is 417 g/mol. The Labute approximate surface area is 149 Å². The van der Waals surface area contributed by atoms with Gasteiger partial charge in [-0.2, -0.15) is 0 Å². The second kappa shape index (κ2) is 6.31. The van der Waals surface area contributed by atoms with Crippen LogP contribution in [-0.2, 0) is 0 Å². The predicted molar refractivity (Wildman–Crippen MR) is 74.9 cm³/mol. The zero-order chi connectivity index (χ0) is 14.2. The number of carbonyl (C=O) groups is 1. The molecule has 0 spiro atoms. The van der Waals surface area contributed by atoms with Crippen LogP contribution < -0.4 is 5.56 Å². The minimum absolute atomic E-state index is 0. The van der Waals surface area contributed by atoms with Crippen LogP contribution in [0.2, 0.25) is 0 Å². The normalized spacial score (nSPS) is 11.0. The summed E-state index contributed by atoms with van der Waals surface area (Å²) >= 11 is 0. The molecule has 0 aliphatic heterocycles. The van der Waals surface area contributed by atoms with E-state index in [2.05, 4.69) is 5.10 Å². The molecule has 1 aromatic heterocycles. The SMILES string of the molecule is Cc1[nH]n(-c2ccccc2)c(=O)c1C(=O)C(C)(C)C.[Tb+3]. The Morgan fingerprint density at radius 3 is 2.20 bits per heavy atom. The quantitative estimate of drug-likeness (QED) is 0.765. The fourth-order valence-corrected chi connectivity index (χ4v) is 1.95. The van der Waals surface area contributed by atoms with Crippen LogP contribution in [0, 0.1) is 51.0 Å². The maximum Gasteiger partial charge on any atom is 3.00 e. The van der Waals surface area contributed by atoms with Gasteiger partial charge in [0.25, 0.3) is 5.56 Å². The summed E-state index contributed by atoms with van der Waals surface area (Å²) in [6.45, 7) is 7.19. The smallest absolute Gasteiger partial charge is 0.295 e. The van der Waals surface area contributed by atoms with Gasteiger partial charge in [0, 0.05) is 11.1 Å². The number of hydrogen-bond donors (Lipinski definition) is 1. The van der Waals surface area contributed by atoms with Crippen molar-refractivity contribution in [1.29, 1.82) is 0 Å². The minimum Gasteiger partial charge on any atom is -0.295 e. The molecule has 0 atom stereocenters. The molecule has 5 heteroatoms. The van der Waals surface area contributed by atoms with Gasteiger partial charge in [-0.3, -0.25) is 14.7 Å². The molecule has 0 amide bonds. The van der Waals surface area contributed by atoms with Crippen LogP contribution in [0.3, 0.4) is 0 Å². The van der Waals surface area contributed by atoms with Crippen molar-refractivity contribution in [3.8, 4) is 5.69 Å². The molecule has 0 saturated carbocycles. The van der Waals surface area contributed by atoms with Crippen molar-refractivity contribution < 1.29 is 43.4 Å². The average Bonchev–Trinajstić information content (AvgIpc) is 2.64. The number of ketones is 1. The number of benzene rings is 1. The molecule has 0 bridgehead atoms. The molecular formula is C15H18N2O2Tb+3. The molecule has 0 aliphatic rings. The van der Waals surface area contributed by atoms with Crippen LogP contribution in [0.25, 0.3) is 5.69 Å². The molecular weight excluding hydrogens is 399 g/mol. The fourth-order valence-electron chi connectivity index (χ4n) is 1.95. The largest absolute Gasteiger partial charge is 3.00 e. The molecule has 1 aromatic carbocycles. The van der Waals surface area contributed by atoms with E-state index in [-0.39, 0.29) is 55.5 Å². The minimum atomic E-state index is -0.569. The van der Waals surface area contributed by atoms with Gasteiger partial charge in [0.2, 0.25) is 0 Å². The van der Waals surface area contributed by atoms with Crippen molar-refractivity contribution in [2.75, 3.05) is 0 Å². The summed E-state index contributed by atoms with van der Waals surface area (Å²) in [5.74, 6) is -0.138. The maximum atomic E-state index is 12.4.